The Hall–Kier alpha value is -4.38. The maximum absolute atomic E-state index is 14.9. The molecule has 2 atom stereocenters. The van der Waals surface area contributed by atoms with Gasteiger partial charge in [0.15, 0.2) is 6.10 Å². The largest absolute Gasteiger partial charge is 0.483 e. The van der Waals surface area contributed by atoms with Gasteiger partial charge >= 0.3 is 5.92 Å². The molecule has 3 aromatic rings. The van der Waals surface area contributed by atoms with Crippen LogP contribution in [0.4, 0.5) is 26.0 Å². The van der Waals surface area contributed by atoms with E-state index in [0.717, 1.165) is 55.7 Å². The number of nitriles is 1. The normalized spacial score (nSPS) is 21.0. The van der Waals surface area contributed by atoms with E-state index in [1.165, 1.54) is 25.4 Å². The molecule has 0 saturated carbocycles. The molecular formula is C32H35F2N7O4. The lowest BCUT2D eigenvalue weighted by Gasteiger charge is -2.43. The van der Waals surface area contributed by atoms with E-state index < -0.39 is 30.6 Å². The third-order valence-corrected chi connectivity index (χ3v) is 8.49. The first-order valence-corrected chi connectivity index (χ1v) is 15.0. The minimum Gasteiger partial charge on any atom is -0.483 e. The van der Waals surface area contributed by atoms with Gasteiger partial charge in [0.1, 0.15) is 30.1 Å². The van der Waals surface area contributed by atoms with Gasteiger partial charge in [-0.2, -0.15) is 5.26 Å². The number of piperazine rings is 1. The van der Waals surface area contributed by atoms with Crippen molar-refractivity contribution in [2.75, 3.05) is 62.7 Å². The molecule has 236 valence electrons. The molecule has 45 heavy (non-hydrogen) atoms. The van der Waals surface area contributed by atoms with Gasteiger partial charge in [-0.05, 0) is 49.4 Å². The lowest BCUT2D eigenvalue weighted by Crippen LogP contribution is -2.56. The van der Waals surface area contributed by atoms with Crippen molar-refractivity contribution in [2.24, 2.45) is 0 Å². The molecular weight excluding hydrogens is 584 g/mol. The van der Waals surface area contributed by atoms with Crippen molar-refractivity contribution in [1.29, 1.82) is 5.26 Å². The van der Waals surface area contributed by atoms with Crippen LogP contribution in [0.25, 0.3) is 11.3 Å². The summed E-state index contributed by atoms with van der Waals surface area (Å²) in [6.07, 6.45) is -1.62. The van der Waals surface area contributed by atoms with Crippen LogP contribution in [0, 0.1) is 11.3 Å². The Morgan fingerprint density at radius 1 is 1.11 bits per heavy atom. The predicted octanol–water partition coefficient (Wildman–Crippen LogP) is 3.28. The molecule has 1 amide bonds. The summed E-state index contributed by atoms with van der Waals surface area (Å²) in [4.78, 5) is 26.5. The Bertz CT molecular complexity index is 1550. The SMILES string of the molecule is CC(O)C(=O)N1CCC(Oc2ccc(-c3cc(Nc4ccc(N5CCN(C6COC6)CC5)cc4)ncn3)cc2C#N)C(F)(F)C1. The standard InChI is InChI=1S/C32H35F2N7O4/c1-21(42)31(43)41-9-8-29(32(33,34)19-41)45-28-7-2-22(14-23(28)16-35)27-15-30(37-20-36-27)38-24-3-5-25(6-4-24)39-10-12-40(13-11-39)26-17-44-18-26/h2-7,14-15,20-21,26,29,42H,8-13,17-19H2,1H3,(H,36,37,38). The molecule has 0 aliphatic carbocycles. The topological polar surface area (TPSA) is 127 Å². The number of amides is 1. The number of nitrogens with zero attached hydrogens (tertiary/aromatic N) is 6. The highest BCUT2D eigenvalue weighted by atomic mass is 19.3. The van der Waals surface area contributed by atoms with Crippen molar-refractivity contribution in [3.05, 3.63) is 60.4 Å². The van der Waals surface area contributed by atoms with Crippen LogP contribution in [0.3, 0.4) is 0 Å². The Morgan fingerprint density at radius 2 is 1.87 bits per heavy atom. The van der Waals surface area contributed by atoms with Gasteiger partial charge in [0.2, 0.25) is 0 Å². The molecule has 0 radical (unpaired) electrons. The number of carbonyl (C=O) groups excluding carboxylic acids is 1. The fraction of sp³-hybridized carbons (Fsp3) is 0.438. The number of aliphatic hydroxyl groups excluding tert-OH is 1. The summed E-state index contributed by atoms with van der Waals surface area (Å²) in [5.74, 6) is -3.54. The van der Waals surface area contributed by atoms with Crippen LogP contribution >= 0.6 is 0 Å². The first kappa shape index (κ1) is 30.6. The number of hydrogen-bond acceptors (Lipinski definition) is 10. The predicted molar refractivity (Wildman–Crippen MR) is 163 cm³/mol. The number of halogens is 2. The number of aromatic nitrogens is 2. The van der Waals surface area contributed by atoms with E-state index in [0.29, 0.717) is 23.1 Å². The van der Waals surface area contributed by atoms with Gasteiger partial charge in [0, 0.05) is 62.1 Å². The summed E-state index contributed by atoms with van der Waals surface area (Å²) < 4.78 is 40.7. The number of carbonyl (C=O) groups is 1. The Labute approximate surface area is 260 Å². The van der Waals surface area contributed by atoms with Gasteiger partial charge in [-0.15, -0.1) is 0 Å². The molecule has 3 saturated heterocycles. The van der Waals surface area contributed by atoms with Crippen molar-refractivity contribution in [3.63, 3.8) is 0 Å². The number of aliphatic hydroxyl groups is 1. The molecule has 13 heteroatoms. The fourth-order valence-corrected chi connectivity index (χ4v) is 5.82. The Balaban J connectivity index is 1.09. The third-order valence-electron chi connectivity index (χ3n) is 8.49. The first-order valence-electron chi connectivity index (χ1n) is 15.0. The van der Waals surface area contributed by atoms with Gasteiger partial charge in [-0.1, -0.05) is 0 Å². The molecule has 3 aliphatic rings. The van der Waals surface area contributed by atoms with E-state index in [9.17, 15) is 23.9 Å². The van der Waals surface area contributed by atoms with Crippen LogP contribution in [-0.4, -0.2) is 107 Å². The second-order valence-corrected chi connectivity index (χ2v) is 11.6. The van der Waals surface area contributed by atoms with Crippen molar-refractivity contribution in [3.8, 4) is 23.1 Å². The zero-order valence-electron chi connectivity index (χ0n) is 24.9. The highest BCUT2D eigenvalue weighted by molar-refractivity contribution is 5.80. The number of rotatable bonds is 8. The summed E-state index contributed by atoms with van der Waals surface area (Å²) in [7, 11) is 0. The minimum absolute atomic E-state index is 0.0109. The smallest absolute Gasteiger partial charge is 0.301 e. The van der Waals surface area contributed by atoms with E-state index in [4.69, 9.17) is 9.47 Å². The number of benzene rings is 2. The van der Waals surface area contributed by atoms with Gasteiger partial charge in [-0.3, -0.25) is 9.69 Å². The molecule has 3 aliphatic heterocycles. The highest BCUT2D eigenvalue weighted by Gasteiger charge is 2.48. The molecule has 11 nitrogen and oxygen atoms in total. The van der Waals surface area contributed by atoms with Crippen molar-refractivity contribution >= 4 is 23.1 Å². The van der Waals surface area contributed by atoms with E-state index in [1.807, 2.05) is 18.2 Å². The second kappa shape index (κ2) is 12.9. The number of hydrogen-bond donors (Lipinski definition) is 2. The first-order chi connectivity index (χ1) is 21.7. The number of nitrogens with one attached hydrogen (secondary N) is 1. The van der Waals surface area contributed by atoms with E-state index >= 15 is 0 Å². The number of anilines is 3. The van der Waals surface area contributed by atoms with Gasteiger partial charge in [0.05, 0.1) is 37.1 Å². The van der Waals surface area contributed by atoms with Gasteiger partial charge in [0.25, 0.3) is 5.91 Å². The van der Waals surface area contributed by atoms with Crippen molar-refractivity contribution in [2.45, 2.75) is 37.5 Å². The number of piperidine rings is 1. The molecule has 2 aromatic carbocycles. The maximum atomic E-state index is 14.9. The van der Waals surface area contributed by atoms with Crippen LogP contribution in [0.1, 0.15) is 18.9 Å². The Kier molecular flexibility index (Phi) is 8.80. The molecule has 1 aromatic heterocycles. The quantitative estimate of drug-likeness (QED) is 0.388. The average Bonchev–Trinajstić information content (AvgIpc) is 3.01. The van der Waals surface area contributed by atoms with Gasteiger partial charge < -0.3 is 29.7 Å². The summed E-state index contributed by atoms with van der Waals surface area (Å²) in [6, 6.07) is 17.2. The molecule has 6 rings (SSSR count). The van der Waals surface area contributed by atoms with E-state index in [-0.39, 0.29) is 24.3 Å². The Morgan fingerprint density at radius 3 is 2.51 bits per heavy atom. The van der Waals surface area contributed by atoms with E-state index in [2.05, 4.69) is 37.2 Å². The van der Waals surface area contributed by atoms with E-state index in [1.54, 1.807) is 12.1 Å². The van der Waals surface area contributed by atoms with Gasteiger partial charge in [-0.25, -0.2) is 18.7 Å². The lowest BCUT2D eigenvalue weighted by molar-refractivity contribution is -0.165. The van der Waals surface area contributed by atoms with Crippen molar-refractivity contribution in [1.82, 2.24) is 19.8 Å². The summed E-state index contributed by atoms with van der Waals surface area (Å²) in [5.41, 5.74) is 3.23. The molecule has 0 bridgehead atoms. The summed E-state index contributed by atoms with van der Waals surface area (Å²) >= 11 is 0. The van der Waals surface area contributed by atoms with Crippen molar-refractivity contribution < 1.29 is 28.2 Å². The van der Waals surface area contributed by atoms with Crippen LogP contribution < -0.4 is 15.0 Å². The molecule has 4 heterocycles. The molecule has 2 unspecified atom stereocenters. The fourth-order valence-electron chi connectivity index (χ4n) is 5.82. The number of likely N-dealkylation sites (tertiary alicyclic amines) is 1. The lowest BCUT2D eigenvalue weighted by atomic mass is 10.0. The van der Waals surface area contributed by atoms with Crippen LogP contribution in [0.15, 0.2) is 54.9 Å². The summed E-state index contributed by atoms with van der Waals surface area (Å²) in [5, 5.41) is 22.6. The average molecular weight is 620 g/mol. The molecule has 3 fully saturated rings. The summed E-state index contributed by atoms with van der Waals surface area (Å²) in [6.45, 7) is 6.05. The molecule has 2 N–H and O–H groups in total. The molecule has 0 spiro atoms. The zero-order valence-corrected chi connectivity index (χ0v) is 24.9. The number of ether oxygens (including phenoxy) is 2. The zero-order chi connectivity index (χ0) is 31.6. The third kappa shape index (κ3) is 6.83. The number of alkyl halides is 2. The maximum Gasteiger partial charge on any atom is 0.301 e. The van der Waals surface area contributed by atoms with Crippen LogP contribution in [-0.2, 0) is 9.53 Å². The van der Waals surface area contributed by atoms with Crippen LogP contribution in [0.5, 0.6) is 5.75 Å². The minimum atomic E-state index is -3.36. The highest BCUT2D eigenvalue weighted by Crippen LogP contribution is 2.34. The second-order valence-electron chi connectivity index (χ2n) is 11.6. The van der Waals surface area contributed by atoms with Crippen LogP contribution in [0.2, 0.25) is 0 Å². The monoisotopic (exact) mass is 619 g/mol.